The normalized spacial score (nSPS) is 12.5. The summed E-state index contributed by atoms with van der Waals surface area (Å²) in [6.07, 6.45) is 4.79. The first-order valence-corrected chi connectivity index (χ1v) is 6.86. The number of hydrogen-bond acceptors (Lipinski definition) is 4. The van der Waals surface area contributed by atoms with Gasteiger partial charge in [0.15, 0.2) is 5.82 Å². The number of rotatable bonds is 6. The second kappa shape index (κ2) is 6.31. The maximum atomic E-state index is 5.70. The van der Waals surface area contributed by atoms with Crippen LogP contribution in [0, 0.1) is 0 Å². The third-order valence-corrected chi connectivity index (χ3v) is 3.30. The quantitative estimate of drug-likeness (QED) is 0.639. The third-order valence-electron chi connectivity index (χ3n) is 3.30. The number of nitrogens with zero attached hydrogens (tertiary/aromatic N) is 4. The highest BCUT2D eigenvalue weighted by Crippen LogP contribution is 2.22. The molecule has 0 radical (unpaired) electrons. The van der Waals surface area contributed by atoms with Crippen molar-refractivity contribution < 1.29 is 0 Å². The van der Waals surface area contributed by atoms with Gasteiger partial charge >= 0.3 is 0 Å². The summed E-state index contributed by atoms with van der Waals surface area (Å²) in [5.41, 5.74) is 7.45. The van der Waals surface area contributed by atoms with Crippen molar-refractivity contribution in [2.75, 3.05) is 5.73 Å². The minimum Gasteiger partial charge on any atom is -0.399 e. The molecule has 5 heteroatoms. The Labute approximate surface area is 113 Å². The minimum atomic E-state index is 0.314. The molecule has 0 saturated heterocycles. The first-order valence-electron chi connectivity index (χ1n) is 6.86. The summed E-state index contributed by atoms with van der Waals surface area (Å²) in [5.74, 6) is 0.809. The zero-order chi connectivity index (χ0) is 13.7. The van der Waals surface area contributed by atoms with Gasteiger partial charge in [-0.15, -0.1) is 5.10 Å². The van der Waals surface area contributed by atoms with Crippen LogP contribution in [0.4, 0.5) is 5.69 Å². The molecule has 2 aromatic rings. The van der Waals surface area contributed by atoms with E-state index in [1.807, 2.05) is 28.9 Å². The van der Waals surface area contributed by atoms with Crippen LogP contribution in [0.1, 0.15) is 45.6 Å². The van der Waals surface area contributed by atoms with Gasteiger partial charge in [0.05, 0.1) is 6.04 Å². The van der Waals surface area contributed by atoms with Gasteiger partial charge in [-0.2, -0.15) is 0 Å². The molecule has 0 spiro atoms. The molecule has 19 heavy (non-hydrogen) atoms. The molecule has 1 heterocycles. The number of tetrazole rings is 1. The zero-order valence-corrected chi connectivity index (χ0v) is 11.6. The van der Waals surface area contributed by atoms with E-state index in [2.05, 4.69) is 29.4 Å². The van der Waals surface area contributed by atoms with Crippen LogP contribution in [0.5, 0.6) is 0 Å². The van der Waals surface area contributed by atoms with E-state index in [1.165, 1.54) is 19.3 Å². The second-order valence-electron chi connectivity index (χ2n) is 4.91. The van der Waals surface area contributed by atoms with Gasteiger partial charge in [-0.1, -0.05) is 26.2 Å². The van der Waals surface area contributed by atoms with Crippen molar-refractivity contribution in [1.29, 1.82) is 0 Å². The molecule has 0 saturated carbocycles. The van der Waals surface area contributed by atoms with Crippen molar-refractivity contribution in [3.8, 4) is 11.4 Å². The van der Waals surface area contributed by atoms with E-state index in [0.717, 1.165) is 23.5 Å². The van der Waals surface area contributed by atoms with Gasteiger partial charge in [0, 0.05) is 11.3 Å². The summed E-state index contributed by atoms with van der Waals surface area (Å²) in [5, 5.41) is 12.0. The highest BCUT2D eigenvalue weighted by molar-refractivity contribution is 5.58. The van der Waals surface area contributed by atoms with Crippen molar-refractivity contribution >= 4 is 5.69 Å². The number of unbranched alkanes of at least 4 members (excludes halogenated alkanes) is 2. The molecule has 1 unspecified atom stereocenters. The number of hydrogen-bond donors (Lipinski definition) is 1. The summed E-state index contributed by atoms with van der Waals surface area (Å²) in [6, 6.07) is 7.97. The molecule has 0 amide bonds. The van der Waals surface area contributed by atoms with Crippen LogP contribution >= 0.6 is 0 Å². The monoisotopic (exact) mass is 259 g/mol. The maximum absolute atomic E-state index is 5.70. The first kappa shape index (κ1) is 13.5. The number of nitrogen functional groups attached to an aromatic ring is 1. The van der Waals surface area contributed by atoms with Gasteiger partial charge in [0.25, 0.3) is 0 Å². The Morgan fingerprint density at radius 2 is 1.95 bits per heavy atom. The molecule has 102 valence electrons. The molecule has 0 bridgehead atoms. The fraction of sp³-hybridized carbons (Fsp3) is 0.500. The van der Waals surface area contributed by atoms with E-state index < -0.39 is 0 Å². The number of aromatic nitrogens is 4. The minimum absolute atomic E-state index is 0.314. The predicted octanol–water partition coefficient (Wildman–Crippen LogP) is 3.06. The fourth-order valence-electron chi connectivity index (χ4n) is 2.12. The Hall–Kier alpha value is -1.91. The van der Waals surface area contributed by atoms with Crippen LogP contribution in [0.15, 0.2) is 24.3 Å². The van der Waals surface area contributed by atoms with E-state index in [9.17, 15) is 0 Å². The van der Waals surface area contributed by atoms with Crippen LogP contribution in [-0.4, -0.2) is 20.2 Å². The predicted molar refractivity (Wildman–Crippen MR) is 76.5 cm³/mol. The number of anilines is 1. The van der Waals surface area contributed by atoms with Crippen LogP contribution in [-0.2, 0) is 0 Å². The van der Waals surface area contributed by atoms with E-state index in [0.29, 0.717) is 6.04 Å². The van der Waals surface area contributed by atoms with Gasteiger partial charge in [-0.05, 0) is 48.0 Å². The van der Waals surface area contributed by atoms with Crippen molar-refractivity contribution in [2.45, 2.75) is 45.6 Å². The molecule has 0 aliphatic rings. The smallest absolute Gasteiger partial charge is 0.182 e. The zero-order valence-electron chi connectivity index (χ0n) is 11.6. The number of nitrogens with two attached hydrogens (primary N) is 1. The van der Waals surface area contributed by atoms with Crippen molar-refractivity contribution in [3.63, 3.8) is 0 Å². The summed E-state index contributed by atoms with van der Waals surface area (Å²) in [6.45, 7) is 4.37. The molecule has 0 fully saturated rings. The molecule has 1 aromatic carbocycles. The van der Waals surface area contributed by atoms with Crippen LogP contribution in [0.2, 0.25) is 0 Å². The van der Waals surface area contributed by atoms with Crippen molar-refractivity contribution in [2.24, 2.45) is 0 Å². The Morgan fingerprint density at radius 1 is 1.21 bits per heavy atom. The molecule has 5 nitrogen and oxygen atoms in total. The lowest BCUT2D eigenvalue weighted by molar-refractivity contribution is 0.432. The molecular weight excluding hydrogens is 238 g/mol. The van der Waals surface area contributed by atoms with E-state index in [4.69, 9.17) is 5.73 Å². The Kier molecular flexibility index (Phi) is 4.49. The SMILES string of the molecule is CCCCCC(C)n1nnnc1-c1ccc(N)cc1. The van der Waals surface area contributed by atoms with Gasteiger partial charge in [-0.3, -0.25) is 0 Å². The summed E-state index contributed by atoms with van der Waals surface area (Å²) >= 11 is 0. The Bertz CT molecular complexity index is 503. The summed E-state index contributed by atoms with van der Waals surface area (Å²) in [4.78, 5) is 0. The fourth-order valence-corrected chi connectivity index (χ4v) is 2.12. The Morgan fingerprint density at radius 3 is 2.63 bits per heavy atom. The lowest BCUT2D eigenvalue weighted by atomic mass is 10.1. The number of benzene rings is 1. The molecule has 0 aliphatic carbocycles. The van der Waals surface area contributed by atoms with Gasteiger partial charge in [0.2, 0.25) is 0 Å². The first-order chi connectivity index (χ1) is 9.22. The van der Waals surface area contributed by atoms with E-state index >= 15 is 0 Å². The largest absolute Gasteiger partial charge is 0.399 e. The molecule has 2 rings (SSSR count). The van der Waals surface area contributed by atoms with Gasteiger partial charge in [-0.25, -0.2) is 4.68 Å². The standard InChI is InChI=1S/C14H21N5/c1-3-4-5-6-11(2)19-14(16-17-18-19)12-7-9-13(15)10-8-12/h7-11H,3-6,15H2,1-2H3. The molecule has 0 aliphatic heterocycles. The van der Waals surface area contributed by atoms with Crippen molar-refractivity contribution in [3.05, 3.63) is 24.3 Å². The topological polar surface area (TPSA) is 69.6 Å². The molecule has 2 N–H and O–H groups in total. The van der Waals surface area contributed by atoms with E-state index in [-0.39, 0.29) is 0 Å². The van der Waals surface area contributed by atoms with Crippen LogP contribution in [0.25, 0.3) is 11.4 Å². The summed E-state index contributed by atoms with van der Waals surface area (Å²) in [7, 11) is 0. The van der Waals surface area contributed by atoms with E-state index in [1.54, 1.807) is 0 Å². The lowest BCUT2D eigenvalue weighted by Gasteiger charge is -2.13. The van der Waals surface area contributed by atoms with Gasteiger partial charge < -0.3 is 5.73 Å². The highest BCUT2D eigenvalue weighted by atomic mass is 15.5. The molecule has 1 atom stereocenters. The second-order valence-corrected chi connectivity index (χ2v) is 4.91. The lowest BCUT2D eigenvalue weighted by Crippen LogP contribution is -2.09. The average Bonchev–Trinajstić information content (AvgIpc) is 2.89. The molecule has 1 aromatic heterocycles. The van der Waals surface area contributed by atoms with Gasteiger partial charge in [0.1, 0.15) is 0 Å². The summed E-state index contributed by atoms with van der Waals surface area (Å²) < 4.78 is 1.90. The maximum Gasteiger partial charge on any atom is 0.182 e. The molecular formula is C14H21N5. The average molecular weight is 259 g/mol. The highest BCUT2D eigenvalue weighted by Gasteiger charge is 2.14. The van der Waals surface area contributed by atoms with Crippen LogP contribution < -0.4 is 5.73 Å². The van der Waals surface area contributed by atoms with Crippen LogP contribution in [0.3, 0.4) is 0 Å². The third kappa shape index (κ3) is 3.30. The van der Waals surface area contributed by atoms with Crippen molar-refractivity contribution in [1.82, 2.24) is 20.2 Å². The Balaban J connectivity index is 2.15.